The number of anilines is 1. The van der Waals surface area contributed by atoms with E-state index < -0.39 is 12.5 Å². The van der Waals surface area contributed by atoms with Gasteiger partial charge in [0, 0.05) is 17.5 Å². The lowest BCUT2D eigenvalue weighted by atomic mass is 10.2. The molecule has 2 rings (SSSR count). The van der Waals surface area contributed by atoms with Gasteiger partial charge >= 0.3 is 6.61 Å². The quantitative estimate of drug-likeness (QED) is 0.744. The molecule has 2 amide bonds. The molecule has 0 aliphatic carbocycles. The highest BCUT2D eigenvalue weighted by atomic mass is 32.2. The van der Waals surface area contributed by atoms with E-state index in [0.29, 0.717) is 5.69 Å². The summed E-state index contributed by atoms with van der Waals surface area (Å²) in [6, 6.07) is 12.7. The summed E-state index contributed by atoms with van der Waals surface area (Å²) in [6.07, 6.45) is 1.90. The summed E-state index contributed by atoms with van der Waals surface area (Å²) < 4.78 is 28.5. The Morgan fingerprint density at radius 1 is 1.15 bits per heavy atom. The second-order valence-corrected chi connectivity index (χ2v) is 6.16. The molecule has 0 unspecified atom stereocenters. The number of rotatable bonds is 7. The summed E-state index contributed by atoms with van der Waals surface area (Å²) >= 11 is 1.50. The van der Waals surface area contributed by atoms with Crippen LogP contribution in [0.2, 0.25) is 0 Å². The van der Waals surface area contributed by atoms with Gasteiger partial charge in [0.25, 0.3) is 5.91 Å². The van der Waals surface area contributed by atoms with Crippen molar-refractivity contribution in [2.75, 3.05) is 25.2 Å². The molecule has 2 aromatic rings. The maximum Gasteiger partial charge on any atom is 0.387 e. The monoisotopic (exact) mass is 380 g/mol. The molecular weight excluding hydrogens is 362 g/mol. The van der Waals surface area contributed by atoms with Gasteiger partial charge < -0.3 is 15.0 Å². The van der Waals surface area contributed by atoms with Gasteiger partial charge in [-0.2, -0.15) is 8.78 Å². The second-order valence-electron chi connectivity index (χ2n) is 5.31. The number of hydrogen-bond acceptors (Lipinski definition) is 4. The fourth-order valence-electron chi connectivity index (χ4n) is 2.22. The Kier molecular flexibility index (Phi) is 6.97. The Bertz CT molecular complexity index is 769. The van der Waals surface area contributed by atoms with E-state index in [9.17, 15) is 18.4 Å². The van der Waals surface area contributed by atoms with Crippen molar-refractivity contribution < 1.29 is 23.1 Å². The van der Waals surface area contributed by atoms with E-state index in [-0.39, 0.29) is 23.8 Å². The number of nitrogens with zero attached hydrogens (tertiary/aromatic N) is 1. The number of amides is 2. The molecule has 0 atom stereocenters. The van der Waals surface area contributed by atoms with Crippen LogP contribution in [-0.4, -0.2) is 43.2 Å². The topological polar surface area (TPSA) is 58.6 Å². The van der Waals surface area contributed by atoms with E-state index in [0.717, 1.165) is 4.90 Å². The van der Waals surface area contributed by atoms with Crippen molar-refractivity contribution >= 4 is 29.3 Å². The molecule has 5 nitrogen and oxygen atoms in total. The molecule has 0 saturated heterocycles. The summed E-state index contributed by atoms with van der Waals surface area (Å²) in [7, 11) is 1.49. The number of likely N-dealkylation sites (N-methyl/N-ethyl adjacent to an activating group) is 1. The highest BCUT2D eigenvalue weighted by Crippen LogP contribution is 2.24. The van der Waals surface area contributed by atoms with Gasteiger partial charge in [-0.3, -0.25) is 9.59 Å². The largest absolute Gasteiger partial charge is 0.435 e. The van der Waals surface area contributed by atoms with Crippen molar-refractivity contribution in [1.29, 1.82) is 0 Å². The molecule has 0 radical (unpaired) electrons. The highest BCUT2D eigenvalue weighted by Gasteiger charge is 2.16. The lowest BCUT2D eigenvalue weighted by molar-refractivity contribution is -0.116. The zero-order chi connectivity index (χ0) is 19.1. The van der Waals surface area contributed by atoms with E-state index in [1.54, 1.807) is 6.07 Å². The van der Waals surface area contributed by atoms with Crippen molar-refractivity contribution in [2.45, 2.75) is 11.5 Å². The van der Waals surface area contributed by atoms with Crippen LogP contribution in [-0.2, 0) is 4.79 Å². The van der Waals surface area contributed by atoms with Crippen LogP contribution in [0.5, 0.6) is 5.75 Å². The molecular formula is C18H18F2N2O3S. The van der Waals surface area contributed by atoms with Crippen LogP contribution in [0.25, 0.3) is 0 Å². The van der Waals surface area contributed by atoms with Gasteiger partial charge in [0.1, 0.15) is 5.75 Å². The number of para-hydroxylation sites is 1. The van der Waals surface area contributed by atoms with Crippen molar-refractivity contribution in [3.8, 4) is 5.75 Å². The van der Waals surface area contributed by atoms with Crippen LogP contribution in [0.3, 0.4) is 0 Å². The Balaban J connectivity index is 1.96. The molecule has 0 saturated carbocycles. The smallest absolute Gasteiger partial charge is 0.387 e. The third-order valence-electron chi connectivity index (χ3n) is 3.43. The molecule has 0 heterocycles. The van der Waals surface area contributed by atoms with Gasteiger partial charge in [0.05, 0.1) is 12.2 Å². The summed E-state index contributed by atoms with van der Waals surface area (Å²) in [5.74, 6) is -0.771. The Morgan fingerprint density at radius 3 is 2.42 bits per heavy atom. The normalized spacial score (nSPS) is 10.5. The molecule has 0 aliphatic heterocycles. The fraction of sp³-hybridized carbons (Fsp3) is 0.222. The number of carbonyl (C=O) groups is 2. The molecule has 26 heavy (non-hydrogen) atoms. The zero-order valence-corrected chi connectivity index (χ0v) is 15.1. The van der Waals surface area contributed by atoms with E-state index >= 15 is 0 Å². The van der Waals surface area contributed by atoms with Crippen LogP contribution in [0, 0.1) is 0 Å². The minimum Gasteiger partial charge on any atom is -0.435 e. The summed E-state index contributed by atoms with van der Waals surface area (Å²) in [4.78, 5) is 26.7. The third-order valence-corrected chi connectivity index (χ3v) is 4.23. The Morgan fingerprint density at radius 2 is 1.81 bits per heavy atom. The van der Waals surface area contributed by atoms with Crippen molar-refractivity contribution in [1.82, 2.24) is 4.90 Å². The van der Waals surface area contributed by atoms with Crippen molar-refractivity contribution in [3.63, 3.8) is 0 Å². The van der Waals surface area contributed by atoms with Gasteiger partial charge in [0.15, 0.2) is 0 Å². The molecule has 0 spiro atoms. The number of hydrogen-bond donors (Lipinski definition) is 1. The lowest BCUT2D eigenvalue weighted by Crippen LogP contribution is -2.35. The molecule has 0 aliphatic rings. The van der Waals surface area contributed by atoms with Crippen molar-refractivity contribution in [3.05, 3.63) is 54.1 Å². The Hall–Kier alpha value is -2.61. The Labute approximate surface area is 154 Å². The lowest BCUT2D eigenvalue weighted by Gasteiger charge is -2.17. The summed E-state index contributed by atoms with van der Waals surface area (Å²) in [5, 5.41) is 2.77. The first-order chi connectivity index (χ1) is 12.4. The molecule has 0 fully saturated rings. The van der Waals surface area contributed by atoms with Gasteiger partial charge in [-0.15, -0.1) is 11.8 Å². The fourth-order valence-corrected chi connectivity index (χ4v) is 2.78. The first-order valence-corrected chi connectivity index (χ1v) is 8.86. The average Bonchev–Trinajstić information content (AvgIpc) is 2.61. The third kappa shape index (κ3) is 5.45. The number of carbonyl (C=O) groups excluding carboxylic acids is 2. The average molecular weight is 380 g/mol. The summed E-state index contributed by atoms with van der Waals surface area (Å²) in [6.45, 7) is -3.07. The number of ether oxygens (including phenoxy) is 1. The molecule has 1 N–H and O–H groups in total. The van der Waals surface area contributed by atoms with Crippen LogP contribution in [0.4, 0.5) is 14.5 Å². The van der Waals surface area contributed by atoms with E-state index in [2.05, 4.69) is 10.1 Å². The molecule has 138 valence electrons. The predicted octanol–water partition coefficient (Wildman–Crippen LogP) is 3.72. The van der Waals surface area contributed by atoms with Crippen LogP contribution >= 0.6 is 11.8 Å². The van der Waals surface area contributed by atoms with E-state index in [4.69, 9.17) is 0 Å². The van der Waals surface area contributed by atoms with Gasteiger partial charge in [0.2, 0.25) is 5.91 Å². The van der Waals surface area contributed by atoms with Gasteiger partial charge in [-0.1, -0.05) is 12.1 Å². The maximum atomic E-state index is 12.3. The first kappa shape index (κ1) is 19.7. The van der Waals surface area contributed by atoms with Crippen molar-refractivity contribution in [2.24, 2.45) is 0 Å². The SMILES string of the molecule is CSc1ccccc1NC(=O)CN(C)C(=O)c1ccc(OC(F)F)cc1. The standard InChI is InChI=1S/C18H18F2N2O3S/c1-22(11-16(23)21-14-5-3-4-6-15(14)26-2)17(24)12-7-9-13(10-8-12)25-18(19)20/h3-10,18H,11H2,1-2H3,(H,21,23). The van der Waals surface area contributed by atoms with Crippen LogP contribution in [0.15, 0.2) is 53.4 Å². The highest BCUT2D eigenvalue weighted by molar-refractivity contribution is 7.98. The van der Waals surface area contributed by atoms with E-state index in [1.807, 2.05) is 24.5 Å². The predicted molar refractivity (Wildman–Crippen MR) is 96.9 cm³/mol. The van der Waals surface area contributed by atoms with Gasteiger partial charge in [-0.25, -0.2) is 0 Å². The minimum atomic E-state index is -2.92. The number of benzene rings is 2. The van der Waals surface area contributed by atoms with Crippen LogP contribution in [0.1, 0.15) is 10.4 Å². The molecule has 0 aromatic heterocycles. The second kappa shape index (κ2) is 9.19. The molecule has 8 heteroatoms. The zero-order valence-electron chi connectivity index (χ0n) is 14.2. The molecule has 0 bridgehead atoms. The maximum absolute atomic E-state index is 12.3. The van der Waals surface area contributed by atoms with Crippen LogP contribution < -0.4 is 10.1 Å². The number of nitrogens with one attached hydrogen (secondary N) is 1. The number of halogens is 2. The van der Waals surface area contributed by atoms with E-state index in [1.165, 1.54) is 48.0 Å². The van der Waals surface area contributed by atoms with Gasteiger partial charge in [-0.05, 0) is 42.7 Å². The summed E-state index contributed by atoms with van der Waals surface area (Å²) in [5.41, 5.74) is 0.950. The first-order valence-electron chi connectivity index (χ1n) is 7.64. The minimum absolute atomic E-state index is 0.0365. The number of thioether (sulfide) groups is 1. The number of alkyl halides is 2. The molecule has 2 aromatic carbocycles.